The molecule has 0 spiro atoms. The van der Waals surface area contributed by atoms with Crippen LogP contribution in [0.15, 0.2) is 66.2 Å². The van der Waals surface area contributed by atoms with Gasteiger partial charge >= 0.3 is 5.97 Å². The van der Waals surface area contributed by atoms with E-state index < -0.39 is 5.97 Å². The van der Waals surface area contributed by atoms with Gasteiger partial charge in [-0.2, -0.15) is 5.26 Å². The second kappa shape index (κ2) is 8.26. The van der Waals surface area contributed by atoms with Crippen molar-refractivity contribution in [3.05, 3.63) is 77.9 Å². The van der Waals surface area contributed by atoms with Crippen LogP contribution in [0.1, 0.15) is 5.56 Å². The van der Waals surface area contributed by atoms with Gasteiger partial charge in [0.15, 0.2) is 0 Å². The molecular weight excluding hydrogens is 238 g/mol. The summed E-state index contributed by atoms with van der Waals surface area (Å²) in [7, 11) is 0. The van der Waals surface area contributed by atoms with Crippen molar-refractivity contribution in [2.75, 3.05) is 0 Å². The summed E-state index contributed by atoms with van der Waals surface area (Å²) in [4.78, 5) is 10.4. The van der Waals surface area contributed by atoms with Gasteiger partial charge in [-0.25, -0.2) is 4.79 Å². The zero-order chi connectivity index (χ0) is 13.9. The molecule has 0 bridgehead atoms. The van der Waals surface area contributed by atoms with Crippen LogP contribution < -0.4 is 0 Å². The molecule has 1 radical (unpaired) electrons. The Morgan fingerprint density at radius 2 is 1.68 bits per heavy atom. The topological polar surface area (TPSA) is 61.1 Å². The van der Waals surface area contributed by atoms with E-state index in [4.69, 9.17) is 10.4 Å². The highest BCUT2D eigenvalue weighted by Crippen LogP contribution is 2.05. The molecule has 0 aliphatic rings. The predicted molar refractivity (Wildman–Crippen MR) is 72.9 cm³/mol. The molecule has 93 valence electrons. The summed E-state index contributed by atoms with van der Waals surface area (Å²) < 4.78 is 0. The molecule has 2 rings (SSSR count). The molecule has 0 atom stereocenters. The number of rotatable bonds is 2. The lowest BCUT2D eigenvalue weighted by Crippen LogP contribution is -1.97. The van der Waals surface area contributed by atoms with E-state index in [0.29, 0.717) is 5.56 Å². The number of benzene rings is 2. The first-order chi connectivity index (χ1) is 9.24. The van der Waals surface area contributed by atoms with E-state index in [1.54, 1.807) is 30.3 Å². The summed E-state index contributed by atoms with van der Waals surface area (Å²) in [6, 6.07) is 23.0. The largest absolute Gasteiger partial charge is 0.477 e. The van der Waals surface area contributed by atoms with Crippen LogP contribution in [0.25, 0.3) is 6.08 Å². The van der Waals surface area contributed by atoms with Crippen LogP contribution in [0.4, 0.5) is 0 Å². The van der Waals surface area contributed by atoms with E-state index in [1.165, 1.54) is 6.08 Å². The molecule has 0 aromatic heterocycles. The van der Waals surface area contributed by atoms with Gasteiger partial charge in [0.2, 0.25) is 0 Å². The quantitative estimate of drug-likeness (QED) is 0.657. The molecule has 0 saturated carbocycles. The number of carboxylic acid groups (broad SMARTS) is 1. The summed E-state index contributed by atoms with van der Waals surface area (Å²) in [6.45, 7) is 0. The third kappa shape index (κ3) is 5.85. The SMILES string of the molecule is N#CC(=Cc1ccccc1)C(=O)O.[c]1ccccc1. The zero-order valence-corrected chi connectivity index (χ0v) is 10.2. The molecular formula is C16H12NO2. The third-order valence-electron chi connectivity index (χ3n) is 2.07. The Bertz CT molecular complexity index is 542. The van der Waals surface area contributed by atoms with Crippen molar-refractivity contribution in [1.82, 2.24) is 0 Å². The van der Waals surface area contributed by atoms with E-state index in [9.17, 15) is 4.79 Å². The van der Waals surface area contributed by atoms with Crippen LogP contribution in [0.2, 0.25) is 0 Å². The Morgan fingerprint density at radius 1 is 1.11 bits per heavy atom. The highest BCUT2D eigenvalue weighted by atomic mass is 16.4. The van der Waals surface area contributed by atoms with E-state index in [1.807, 2.05) is 36.4 Å². The summed E-state index contributed by atoms with van der Waals surface area (Å²) in [5.41, 5.74) is 0.452. The van der Waals surface area contributed by atoms with Crippen molar-refractivity contribution in [3.63, 3.8) is 0 Å². The summed E-state index contributed by atoms with van der Waals surface area (Å²) in [5.74, 6) is -1.20. The lowest BCUT2D eigenvalue weighted by molar-refractivity contribution is -0.132. The van der Waals surface area contributed by atoms with Crippen molar-refractivity contribution >= 4 is 12.0 Å². The number of carboxylic acids is 1. The van der Waals surface area contributed by atoms with Gasteiger partial charge in [-0.3, -0.25) is 0 Å². The second-order valence-electron chi connectivity index (χ2n) is 3.46. The molecule has 2 aromatic carbocycles. The number of nitrogens with zero attached hydrogens (tertiary/aromatic N) is 1. The van der Waals surface area contributed by atoms with Crippen LogP contribution in [0, 0.1) is 17.4 Å². The van der Waals surface area contributed by atoms with E-state index in [2.05, 4.69) is 6.07 Å². The maximum absolute atomic E-state index is 10.4. The van der Waals surface area contributed by atoms with Gasteiger partial charge in [-0.05, 0) is 17.7 Å². The van der Waals surface area contributed by atoms with Crippen molar-refractivity contribution < 1.29 is 9.90 Å². The molecule has 2 aromatic rings. The number of hydrogen-bond acceptors (Lipinski definition) is 2. The Kier molecular flexibility index (Phi) is 6.18. The molecule has 0 fully saturated rings. The molecule has 0 heterocycles. The minimum absolute atomic E-state index is 0.258. The summed E-state index contributed by atoms with van der Waals surface area (Å²) in [6.07, 6.45) is 1.34. The minimum atomic E-state index is -1.20. The molecule has 3 nitrogen and oxygen atoms in total. The van der Waals surface area contributed by atoms with Gasteiger partial charge in [0.05, 0.1) is 0 Å². The normalized spacial score (nSPS) is 9.74. The number of carbonyl (C=O) groups is 1. The number of hydrogen-bond donors (Lipinski definition) is 1. The predicted octanol–water partition coefficient (Wildman–Crippen LogP) is 3.16. The van der Waals surface area contributed by atoms with Crippen LogP contribution in [0.3, 0.4) is 0 Å². The fourth-order valence-corrected chi connectivity index (χ4v) is 1.20. The van der Waals surface area contributed by atoms with Gasteiger partial charge in [-0.15, -0.1) is 0 Å². The molecule has 0 saturated heterocycles. The van der Waals surface area contributed by atoms with Gasteiger partial charge in [0.1, 0.15) is 11.6 Å². The van der Waals surface area contributed by atoms with Gasteiger partial charge in [-0.1, -0.05) is 60.7 Å². The van der Waals surface area contributed by atoms with Crippen LogP contribution >= 0.6 is 0 Å². The molecule has 1 N–H and O–H groups in total. The molecule has 0 amide bonds. The van der Waals surface area contributed by atoms with Gasteiger partial charge in [0.25, 0.3) is 0 Å². The van der Waals surface area contributed by atoms with Crippen molar-refractivity contribution in [1.29, 1.82) is 5.26 Å². The average molecular weight is 250 g/mol. The highest BCUT2D eigenvalue weighted by molar-refractivity contribution is 5.96. The second-order valence-corrected chi connectivity index (χ2v) is 3.46. The molecule has 0 aliphatic carbocycles. The van der Waals surface area contributed by atoms with Gasteiger partial charge < -0.3 is 5.11 Å². The van der Waals surface area contributed by atoms with Crippen molar-refractivity contribution in [2.24, 2.45) is 0 Å². The first-order valence-corrected chi connectivity index (χ1v) is 5.55. The summed E-state index contributed by atoms with van der Waals surface area (Å²) in [5, 5.41) is 17.0. The van der Waals surface area contributed by atoms with Crippen molar-refractivity contribution in [3.8, 4) is 6.07 Å². The molecule has 3 heteroatoms. The molecule has 0 unspecified atom stereocenters. The fourth-order valence-electron chi connectivity index (χ4n) is 1.20. The number of nitriles is 1. The lowest BCUT2D eigenvalue weighted by atomic mass is 10.1. The van der Waals surface area contributed by atoms with E-state index >= 15 is 0 Å². The first kappa shape index (κ1) is 14.2. The highest BCUT2D eigenvalue weighted by Gasteiger charge is 2.04. The lowest BCUT2D eigenvalue weighted by Gasteiger charge is -1.91. The maximum atomic E-state index is 10.4. The standard InChI is InChI=1S/C10H7NO2.C6H5/c11-7-9(10(12)13)6-8-4-2-1-3-5-8;1-2-4-6-5-3-1/h1-6H,(H,12,13);1-5H. The molecule has 0 aliphatic heterocycles. The smallest absolute Gasteiger partial charge is 0.346 e. The average Bonchev–Trinajstić information content (AvgIpc) is 2.48. The first-order valence-electron chi connectivity index (χ1n) is 5.55. The maximum Gasteiger partial charge on any atom is 0.346 e. The van der Waals surface area contributed by atoms with Gasteiger partial charge in [0, 0.05) is 0 Å². The Labute approximate surface area is 112 Å². The zero-order valence-electron chi connectivity index (χ0n) is 10.2. The Hall–Kier alpha value is -2.86. The van der Waals surface area contributed by atoms with Crippen LogP contribution in [0.5, 0.6) is 0 Å². The Balaban J connectivity index is 0.000000250. The van der Waals surface area contributed by atoms with Crippen LogP contribution in [-0.2, 0) is 4.79 Å². The fraction of sp³-hybridized carbons (Fsp3) is 0. The monoisotopic (exact) mass is 250 g/mol. The Morgan fingerprint density at radius 3 is 2.05 bits per heavy atom. The van der Waals surface area contributed by atoms with E-state index in [-0.39, 0.29) is 5.57 Å². The van der Waals surface area contributed by atoms with E-state index in [0.717, 1.165) is 0 Å². The summed E-state index contributed by atoms with van der Waals surface area (Å²) >= 11 is 0. The van der Waals surface area contributed by atoms with Crippen LogP contribution in [-0.4, -0.2) is 11.1 Å². The third-order valence-corrected chi connectivity index (χ3v) is 2.07. The van der Waals surface area contributed by atoms with Crippen molar-refractivity contribution in [2.45, 2.75) is 0 Å². The number of aliphatic carboxylic acids is 1. The molecule has 19 heavy (non-hydrogen) atoms. The minimum Gasteiger partial charge on any atom is -0.477 e.